The minimum atomic E-state index is -3.41. The van der Waals surface area contributed by atoms with E-state index in [1.54, 1.807) is 0 Å². The maximum Gasteiger partial charge on any atom is 0.324 e. The number of aliphatic hydroxyl groups is 2. The summed E-state index contributed by atoms with van der Waals surface area (Å²) in [5.74, 6) is 0. The van der Waals surface area contributed by atoms with Crippen molar-refractivity contribution in [2.75, 3.05) is 0 Å². The Hall–Kier alpha value is 1.81. The summed E-state index contributed by atoms with van der Waals surface area (Å²) in [5, 5.41) is 18.0. The molecule has 0 aliphatic rings. The van der Waals surface area contributed by atoms with E-state index >= 15 is 0 Å². The first-order valence-electron chi connectivity index (χ1n) is 3.31. The number of rotatable bonds is 4. The van der Waals surface area contributed by atoms with E-state index in [0.29, 0.717) is 0 Å². The van der Waals surface area contributed by atoms with Gasteiger partial charge in [0.05, 0.1) is 0 Å². The van der Waals surface area contributed by atoms with Crippen LogP contribution in [-0.4, -0.2) is 30.4 Å². The van der Waals surface area contributed by atoms with Crippen LogP contribution in [0.15, 0.2) is 0 Å². The molecule has 0 spiro atoms. The molecule has 5 nitrogen and oxygen atoms in total. The Bertz CT molecular complexity index is 226. The predicted molar refractivity (Wildman–Crippen MR) is 63.8 cm³/mol. The molecule has 0 bridgehead atoms. The van der Waals surface area contributed by atoms with Gasteiger partial charge in [-0.3, -0.25) is 13.6 Å². The lowest BCUT2D eigenvalue weighted by Gasteiger charge is -2.22. The van der Waals surface area contributed by atoms with Gasteiger partial charge in [-0.05, 0) is 0 Å². The molecule has 0 amide bonds. The molecule has 0 aliphatic heterocycles. The van der Waals surface area contributed by atoms with Gasteiger partial charge < -0.3 is 10.2 Å². The summed E-state index contributed by atoms with van der Waals surface area (Å²) in [6, 6.07) is 0. The Balaban J connectivity index is 4.21. The first-order chi connectivity index (χ1) is 6.94. The highest BCUT2D eigenvalue weighted by Gasteiger charge is 2.37. The average molecular weight is 377 g/mol. The van der Waals surface area contributed by atoms with Gasteiger partial charge in [0.15, 0.2) is 0 Å². The minimum Gasteiger partial charge on any atom is -0.364 e. The van der Waals surface area contributed by atoms with Gasteiger partial charge in [-0.25, -0.2) is 0 Å². The number of aliphatic hydroxyl groups excluding tert-OH is 2. The zero-order valence-corrected chi connectivity index (χ0v) is 12.6. The molecule has 12 heteroatoms. The van der Waals surface area contributed by atoms with Crippen LogP contribution in [0.5, 0.6) is 0 Å². The smallest absolute Gasteiger partial charge is 0.324 e. The Morgan fingerprint density at radius 3 is 1.31 bits per heavy atom. The van der Waals surface area contributed by atoms with Crippen LogP contribution in [-0.2, 0) is 13.6 Å². The van der Waals surface area contributed by atoms with Crippen LogP contribution in [0.1, 0.15) is 0 Å². The van der Waals surface area contributed by atoms with Crippen molar-refractivity contribution in [1.29, 1.82) is 0 Å². The molecule has 2 N–H and O–H groups in total. The standard InChI is InChI=1S/C4H5Cl6O5P/c5-3(6,7)1(11)14-16(13)15-2(12)4(8,9)10/h1-2,11-12,16H. The maximum atomic E-state index is 11.0. The van der Waals surface area contributed by atoms with Crippen LogP contribution in [0.2, 0.25) is 0 Å². The second kappa shape index (κ2) is 6.83. The molecule has 16 heavy (non-hydrogen) atoms. The summed E-state index contributed by atoms with van der Waals surface area (Å²) in [5.41, 5.74) is 0. The molecule has 2 atom stereocenters. The SMILES string of the molecule is O=[PH](OC(O)C(Cl)(Cl)Cl)OC(O)C(Cl)(Cl)Cl. The van der Waals surface area contributed by atoms with Crippen molar-refractivity contribution in [2.45, 2.75) is 20.2 Å². The van der Waals surface area contributed by atoms with E-state index in [-0.39, 0.29) is 0 Å². The Kier molecular flexibility index (Phi) is 7.60. The van der Waals surface area contributed by atoms with Crippen molar-refractivity contribution in [3.63, 3.8) is 0 Å². The van der Waals surface area contributed by atoms with Gasteiger partial charge in [0, 0.05) is 0 Å². The molecule has 0 aromatic rings. The summed E-state index contributed by atoms with van der Waals surface area (Å²) >= 11 is 31.1. The van der Waals surface area contributed by atoms with Gasteiger partial charge in [-0.15, -0.1) is 0 Å². The monoisotopic (exact) mass is 374 g/mol. The molecule has 98 valence electrons. The van der Waals surface area contributed by atoms with E-state index in [9.17, 15) is 4.57 Å². The fraction of sp³-hybridized carbons (Fsp3) is 1.00. The molecule has 2 unspecified atom stereocenters. The number of hydrogen-bond acceptors (Lipinski definition) is 5. The molecule has 0 aromatic carbocycles. The largest absolute Gasteiger partial charge is 0.364 e. The zero-order chi connectivity index (χ0) is 13.1. The lowest BCUT2D eigenvalue weighted by atomic mass is 10.7. The molecular formula is C4H5Cl6O5P. The highest BCUT2D eigenvalue weighted by molar-refractivity contribution is 7.33. The minimum absolute atomic E-state index is 2.02. The van der Waals surface area contributed by atoms with E-state index in [4.69, 9.17) is 79.8 Å². The van der Waals surface area contributed by atoms with Gasteiger partial charge in [0.2, 0.25) is 20.2 Å². The fourth-order valence-corrected chi connectivity index (χ4v) is 1.83. The topological polar surface area (TPSA) is 76.0 Å². The van der Waals surface area contributed by atoms with E-state index in [1.165, 1.54) is 0 Å². The van der Waals surface area contributed by atoms with Crippen molar-refractivity contribution in [3.8, 4) is 0 Å². The summed E-state index contributed by atoms with van der Waals surface area (Å²) in [6.07, 6.45) is -4.04. The summed E-state index contributed by atoms with van der Waals surface area (Å²) in [6.45, 7) is 0. The quantitative estimate of drug-likeness (QED) is 0.448. The maximum absolute atomic E-state index is 11.0. The average Bonchev–Trinajstić information content (AvgIpc) is 1.99. The highest BCUT2D eigenvalue weighted by atomic mass is 35.6. The summed E-state index contributed by atoms with van der Waals surface area (Å²) in [4.78, 5) is 0. The number of alkyl halides is 6. The molecule has 0 aliphatic carbocycles. The zero-order valence-electron chi connectivity index (χ0n) is 7.04. The third-order valence-corrected chi connectivity index (χ3v) is 2.93. The van der Waals surface area contributed by atoms with E-state index < -0.39 is 28.4 Å². The highest BCUT2D eigenvalue weighted by Crippen LogP contribution is 2.41. The van der Waals surface area contributed by atoms with Gasteiger partial charge in [-0.1, -0.05) is 69.6 Å². The molecule has 0 saturated heterocycles. The van der Waals surface area contributed by atoms with Crippen molar-refractivity contribution in [2.24, 2.45) is 0 Å². The molecule has 0 saturated carbocycles. The second-order valence-corrected chi connectivity index (χ2v) is 7.98. The normalized spacial score (nSPS) is 19.2. The first kappa shape index (κ1) is 17.8. The van der Waals surface area contributed by atoms with Crippen LogP contribution < -0.4 is 0 Å². The lowest BCUT2D eigenvalue weighted by Crippen LogP contribution is -2.29. The molecule has 0 radical (unpaired) electrons. The van der Waals surface area contributed by atoms with Crippen LogP contribution in [0, 0.1) is 0 Å². The van der Waals surface area contributed by atoms with Gasteiger partial charge in [0.25, 0.3) is 0 Å². The molecule has 0 fully saturated rings. The van der Waals surface area contributed by atoms with Gasteiger partial charge >= 0.3 is 8.25 Å². The van der Waals surface area contributed by atoms with Crippen LogP contribution in [0.25, 0.3) is 0 Å². The second-order valence-electron chi connectivity index (χ2n) is 2.27. The van der Waals surface area contributed by atoms with Crippen LogP contribution in [0.3, 0.4) is 0 Å². The first-order valence-corrected chi connectivity index (χ1v) is 6.80. The van der Waals surface area contributed by atoms with Crippen molar-refractivity contribution in [1.82, 2.24) is 0 Å². The van der Waals surface area contributed by atoms with Gasteiger partial charge in [0.1, 0.15) is 0 Å². The lowest BCUT2D eigenvalue weighted by molar-refractivity contribution is -0.0548. The predicted octanol–water partition coefficient (Wildman–Crippen LogP) is 2.79. The third-order valence-electron chi connectivity index (χ3n) is 0.976. The van der Waals surface area contributed by atoms with Crippen LogP contribution >= 0.6 is 77.9 Å². The third kappa shape index (κ3) is 7.29. The summed E-state index contributed by atoms with van der Waals surface area (Å²) < 4.78 is 15.0. The Morgan fingerprint density at radius 1 is 0.875 bits per heavy atom. The molecule has 0 heterocycles. The Labute approximate surface area is 121 Å². The molecule has 0 rings (SSSR count). The molecular weight excluding hydrogens is 372 g/mol. The van der Waals surface area contributed by atoms with Crippen molar-refractivity contribution in [3.05, 3.63) is 0 Å². The molecule has 0 aromatic heterocycles. The van der Waals surface area contributed by atoms with E-state index in [2.05, 4.69) is 9.05 Å². The van der Waals surface area contributed by atoms with Crippen molar-refractivity contribution >= 4 is 77.9 Å². The van der Waals surface area contributed by atoms with Gasteiger partial charge in [-0.2, -0.15) is 0 Å². The van der Waals surface area contributed by atoms with E-state index in [1.807, 2.05) is 0 Å². The van der Waals surface area contributed by atoms with Crippen LogP contribution in [0.4, 0.5) is 0 Å². The number of halogens is 6. The van der Waals surface area contributed by atoms with E-state index in [0.717, 1.165) is 0 Å². The number of hydrogen-bond donors (Lipinski definition) is 2. The Morgan fingerprint density at radius 2 is 1.12 bits per heavy atom. The summed E-state index contributed by atoms with van der Waals surface area (Å²) in [7, 11) is -3.41. The van der Waals surface area contributed by atoms with Crippen molar-refractivity contribution < 1.29 is 23.8 Å². The fourth-order valence-electron chi connectivity index (χ4n) is 0.344.